The summed E-state index contributed by atoms with van der Waals surface area (Å²) in [4.78, 5) is 42.6. The van der Waals surface area contributed by atoms with Gasteiger partial charge in [-0.3, -0.25) is 14.9 Å². The van der Waals surface area contributed by atoms with Gasteiger partial charge in [0.05, 0.1) is 11.8 Å². The fraction of sp³-hybridized carbons (Fsp3) is 0.214. The molecule has 0 spiro atoms. The molecule has 2 unspecified atom stereocenters. The lowest BCUT2D eigenvalue weighted by molar-refractivity contribution is -0.129. The number of amides is 5. The van der Waals surface area contributed by atoms with Crippen molar-refractivity contribution in [3.05, 3.63) is 96.6 Å². The molecular formula is C28H30N6O4. The zero-order chi connectivity index (χ0) is 27.3. The number of carbonyl (C=O) groups is 3. The first kappa shape index (κ1) is 26.4. The molecule has 1 saturated heterocycles. The highest BCUT2D eigenvalue weighted by molar-refractivity contribution is 6.00. The average molecular weight is 515 g/mol. The molecule has 10 nitrogen and oxygen atoms in total. The van der Waals surface area contributed by atoms with Gasteiger partial charge in [0, 0.05) is 11.4 Å². The highest BCUT2D eigenvalue weighted by Crippen LogP contribution is 2.39. The standard InChI is InChI=1S/C28H30N6O4/c1-20(24(35)31-29-19-21-13-7-4-8-14-21)33-27(37)32(23-17-11-6-12-18-23)25(28(33,2)3)34(38)26(36)30-22-15-9-5-10-16-22/h4-20,25,38H,1-3H3,(H,30,36)(H,31,35). The van der Waals surface area contributed by atoms with Gasteiger partial charge in [-0.15, -0.1) is 0 Å². The van der Waals surface area contributed by atoms with Crippen molar-refractivity contribution in [3.63, 3.8) is 0 Å². The maximum atomic E-state index is 13.8. The Morgan fingerprint density at radius 3 is 2.13 bits per heavy atom. The molecule has 1 fully saturated rings. The minimum Gasteiger partial charge on any atom is -0.306 e. The molecule has 0 aliphatic carbocycles. The molecule has 0 aromatic heterocycles. The van der Waals surface area contributed by atoms with Crippen molar-refractivity contribution >= 4 is 35.6 Å². The molecular weight excluding hydrogens is 484 g/mol. The van der Waals surface area contributed by atoms with Gasteiger partial charge in [-0.1, -0.05) is 66.7 Å². The number of urea groups is 2. The number of carbonyl (C=O) groups excluding carboxylic acids is 3. The van der Waals surface area contributed by atoms with Gasteiger partial charge >= 0.3 is 12.1 Å². The Morgan fingerprint density at radius 1 is 0.974 bits per heavy atom. The van der Waals surface area contributed by atoms with Crippen LogP contribution in [0, 0.1) is 0 Å². The van der Waals surface area contributed by atoms with Crippen LogP contribution >= 0.6 is 0 Å². The van der Waals surface area contributed by atoms with E-state index in [0.717, 1.165) is 5.56 Å². The molecule has 10 heteroatoms. The lowest BCUT2D eigenvalue weighted by Crippen LogP contribution is -2.60. The van der Waals surface area contributed by atoms with Gasteiger partial charge in [-0.2, -0.15) is 10.2 Å². The van der Waals surface area contributed by atoms with Gasteiger partial charge in [0.25, 0.3) is 5.91 Å². The third-order valence-electron chi connectivity index (χ3n) is 6.36. The van der Waals surface area contributed by atoms with E-state index < -0.39 is 35.7 Å². The number of rotatable bonds is 7. The first-order valence-corrected chi connectivity index (χ1v) is 12.1. The van der Waals surface area contributed by atoms with Gasteiger partial charge in [0.2, 0.25) is 0 Å². The van der Waals surface area contributed by atoms with Gasteiger partial charge in [0.1, 0.15) is 6.04 Å². The van der Waals surface area contributed by atoms with Crippen molar-refractivity contribution in [2.45, 2.75) is 38.5 Å². The number of nitrogens with one attached hydrogen (secondary N) is 2. The van der Waals surface area contributed by atoms with E-state index in [9.17, 15) is 19.6 Å². The molecule has 0 saturated carbocycles. The number of hydrogen-bond donors (Lipinski definition) is 3. The van der Waals surface area contributed by atoms with Crippen LogP contribution in [0.1, 0.15) is 26.3 Å². The van der Waals surface area contributed by atoms with E-state index in [2.05, 4.69) is 15.8 Å². The summed E-state index contributed by atoms with van der Waals surface area (Å²) in [5.74, 6) is -0.523. The SMILES string of the molecule is CC(C(=O)NN=Cc1ccccc1)N1C(=O)N(c2ccccc2)C(N(O)C(=O)Nc2ccccc2)C1(C)C. The number of nitrogens with zero attached hydrogens (tertiary/aromatic N) is 4. The second kappa shape index (κ2) is 11.1. The van der Waals surface area contributed by atoms with Crippen LogP contribution in [0.2, 0.25) is 0 Å². The molecule has 3 aromatic carbocycles. The second-order valence-corrected chi connectivity index (χ2v) is 9.35. The highest BCUT2D eigenvalue weighted by atomic mass is 16.5. The molecule has 1 aliphatic rings. The van der Waals surface area contributed by atoms with E-state index in [-0.39, 0.29) is 0 Å². The molecule has 38 heavy (non-hydrogen) atoms. The normalized spacial score (nSPS) is 17.4. The van der Waals surface area contributed by atoms with Gasteiger partial charge in [-0.05, 0) is 50.6 Å². The van der Waals surface area contributed by atoms with E-state index in [4.69, 9.17) is 0 Å². The maximum absolute atomic E-state index is 13.8. The molecule has 5 amide bonds. The lowest BCUT2D eigenvalue weighted by atomic mass is 9.98. The van der Waals surface area contributed by atoms with Crippen LogP contribution in [0.5, 0.6) is 0 Å². The van der Waals surface area contributed by atoms with E-state index in [1.807, 2.05) is 30.3 Å². The topological polar surface area (TPSA) is 118 Å². The Labute approximate surface area is 221 Å². The first-order chi connectivity index (χ1) is 18.2. The molecule has 3 aromatic rings. The molecule has 2 atom stereocenters. The minimum atomic E-state index is -1.20. The third kappa shape index (κ3) is 5.35. The number of para-hydroxylation sites is 2. The third-order valence-corrected chi connectivity index (χ3v) is 6.36. The summed E-state index contributed by atoms with van der Waals surface area (Å²) in [5, 5.41) is 18.3. The molecule has 1 aliphatic heterocycles. The van der Waals surface area contributed by atoms with Crippen molar-refractivity contribution in [3.8, 4) is 0 Å². The molecule has 1 heterocycles. The van der Waals surface area contributed by atoms with Crippen molar-refractivity contribution in [2.24, 2.45) is 5.10 Å². The molecule has 0 radical (unpaired) electrons. The molecule has 0 bridgehead atoms. The minimum absolute atomic E-state index is 0.458. The number of anilines is 2. The van der Waals surface area contributed by atoms with Crippen LogP contribution in [-0.2, 0) is 4.79 Å². The summed E-state index contributed by atoms with van der Waals surface area (Å²) in [6.07, 6.45) is 0.341. The summed E-state index contributed by atoms with van der Waals surface area (Å²) in [5.41, 5.74) is 3.02. The van der Waals surface area contributed by atoms with Crippen LogP contribution in [0.15, 0.2) is 96.1 Å². The molecule has 3 N–H and O–H groups in total. The van der Waals surface area contributed by atoms with Crippen LogP contribution in [-0.4, -0.2) is 57.1 Å². The van der Waals surface area contributed by atoms with Crippen LogP contribution < -0.4 is 15.6 Å². The predicted octanol–water partition coefficient (Wildman–Crippen LogP) is 4.50. The monoisotopic (exact) mass is 514 g/mol. The summed E-state index contributed by atoms with van der Waals surface area (Å²) >= 11 is 0. The lowest BCUT2D eigenvalue weighted by Gasteiger charge is -2.39. The Kier molecular flexibility index (Phi) is 7.73. The highest BCUT2D eigenvalue weighted by Gasteiger charge is 2.58. The molecule has 196 valence electrons. The average Bonchev–Trinajstić information content (AvgIpc) is 3.13. The summed E-state index contributed by atoms with van der Waals surface area (Å²) in [6, 6.07) is 24.2. The van der Waals surface area contributed by atoms with Gasteiger partial charge < -0.3 is 10.2 Å². The maximum Gasteiger partial charge on any atom is 0.347 e. The van der Waals surface area contributed by atoms with Crippen molar-refractivity contribution in [1.82, 2.24) is 15.4 Å². The smallest absolute Gasteiger partial charge is 0.306 e. The second-order valence-electron chi connectivity index (χ2n) is 9.35. The van der Waals surface area contributed by atoms with Crippen molar-refractivity contribution < 1.29 is 19.6 Å². The Hall–Kier alpha value is -4.70. The summed E-state index contributed by atoms with van der Waals surface area (Å²) in [7, 11) is 0. The van der Waals surface area contributed by atoms with Crippen molar-refractivity contribution in [2.75, 3.05) is 10.2 Å². The van der Waals surface area contributed by atoms with Crippen LogP contribution in [0.25, 0.3) is 0 Å². The quantitative estimate of drug-likeness (QED) is 0.245. The number of hydrogen-bond acceptors (Lipinski definition) is 5. The van der Waals surface area contributed by atoms with E-state index in [1.54, 1.807) is 81.4 Å². The summed E-state index contributed by atoms with van der Waals surface area (Å²) < 4.78 is 0. The Balaban J connectivity index is 1.61. The summed E-state index contributed by atoms with van der Waals surface area (Å²) in [6.45, 7) is 4.95. The molecule has 4 rings (SSSR count). The van der Waals surface area contributed by atoms with Crippen LogP contribution in [0.3, 0.4) is 0 Å². The fourth-order valence-electron chi connectivity index (χ4n) is 4.55. The first-order valence-electron chi connectivity index (χ1n) is 12.1. The largest absolute Gasteiger partial charge is 0.347 e. The zero-order valence-electron chi connectivity index (χ0n) is 21.4. The van der Waals surface area contributed by atoms with E-state index in [1.165, 1.54) is 16.0 Å². The van der Waals surface area contributed by atoms with Crippen LogP contribution in [0.4, 0.5) is 21.0 Å². The van der Waals surface area contributed by atoms with E-state index in [0.29, 0.717) is 16.4 Å². The number of hydrazone groups is 1. The number of hydroxylamine groups is 2. The van der Waals surface area contributed by atoms with Crippen molar-refractivity contribution in [1.29, 1.82) is 0 Å². The predicted molar refractivity (Wildman–Crippen MR) is 145 cm³/mol. The number of benzene rings is 3. The Morgan fingerprint density at radius 2 is 1.53 bits per heavy atom. The zero-order valence-corrected chi connectivity index (χ0v) is 21.4. The fourth-order valence-corrected chi connectivity index (χ4v) is 4.55. The Bertz CT molecular complexity index is 1300. The van der Waals surface area contributed by atoms with E-state index >= 15 is 0 Å². The van der Waals surface area contributed by atoms with Gasteiger partial charge in [-0.25, -0.2) is 15.0 Å². The van der Waals surface area contributed by atoms with Gasteiger partial charge in [0.15, 0.2) is 6.17 Å².